The number of nitrogens with zero attached hydrogens (tertiary/aromatic N) is 3. The number of hydrogen-bond acceptors (Lipinski definition) is 7. The summed E-state index contributed by atoms with van der Waals surface area (Å²) in [5, 5.41) is 8.33. The molecule has 0 aliphatic heterocycles. The summed E-state index contributed by atoms with van der Waals surface area (Å²) in [6.07, 6.45) is 6.61. The number of carbonyl (C=O) groups is 1. The molecule has 154 valence electrons. The Bertz CT molecular complexity index is 1350. The summed E-state index contributed by atoms with van der Waals surface area (Å²) in [6.45, 7) is 3.43. The number of carbonyl (C=O) groups excluding carboxylic acids is 1. The maximum absolute atomic E-state index is 12.5. The van der Waals surface area contributed by atoms with Crippen molar-refractivity contribution < 1.29 is 17.7 Å². The summed E-state index contributed by atoms with van der Waals surface area (Å²) in [4.78, 5) is 17.3. The molecule has 0 bridgehead atoms. The lowest BCUT2D eigenvalue weighted by molar-refractivity contribution is -0.111. The second-order valence-corrected chi connectivity index (χ2v) is 8.97. The van der Waals surface area contributed by atoms with Crippen molar-refractivity contribution in [2.75, 3.05) is 10.0 Å². The van der Waals surface area contributed by atoms with Gasteiger partial charge in [0.05, 0.1) is 22.5 Å². The monoisotopic (exact) mass is 443 g/mol. The topological polar surface area (TPSA) is 119 Å². The fourth-order valence-corrected chi connectivity index (χ4v) is 4.37. The van der Waals surface area contributed by atoms with Gasteiger partial charge >= 0.3 is 0 Å². The molecule has 0 unspecified atom stereocenters. The number of imidazole rings is 1. The molecule has 9 nitrogen and oxygen atoms in total. The van der Waals surface area contributed by atoms with E-state index in [1.54, 1.807) is 26.1 Å². The predicted molar refractivity (Wildman–Crippen MR) is 114 cm³/mol. The Labute approximate surface area is 176 Å². The molecule has 0 radical (unpaired) electrons. The molecular formula is C19H17N5O4S2. The van der Waals surface area contributed by atoms with Gasteiger partial charge in [-0.15, -0.1) is 11.3 Å². The van der Waals surface area contributed by atoms with E-state index < -0.39 is 10.0 Å². The van der Waals surface area contributed by atoms with E-state index in [1.807, 2.05) is 16.0 Å². The number of anilines is 2. The molecule has 0 aliphatic rings. The van der Waals surface area contributed by atoms with Gasteiger partial charge in [-0.25, -0.2) is 18.1 Å². The van der Waals surface area contributed by atoms with Crippen LogP contribution >= 0.6 is 11.3 Å². The van der Waals surface area contributed by atoms with Crippen LogP contribution in [0.4, 0.5) is 11.6 Å². The molecule has 0 fully saturated rings. The first kappa shape index (κ1) is 19.9. The fourth-order valence-electron chi connectivity index (χ4n) is 2.62. The average Bonchev–Trinajstić information content (AvgIpc) is 3.40. The number of amides is 1. The van der Waals surface area contributed by atoms with E-state index in [1.165, 1.54) is 41.7 Å². The van der Waals surface area contributed by atoms with E-state index >= 15 is 0 Å². The maximum Gasteiger partial charge on any atom is 0.264 e. The maximum atomic E-state index is 12.5. The molecule has 3 heterocycles. The second kappa shape index (κ2) is 7.76. The summed E-state index contributed by atoms with van der Waals surface area (Å²) in [5.74, 6) is -0.267. The van der Waals surface area contributed by atoms with Crippen molar-refractivity contribution in [3.05, 3.63) is 65.1 Å². The molecule has 0 aliphatic carbocycles. The number of rotatable bonds is 6. The zero-order chi connectivity index (χ0) is 21.3. The van der Waals surface area contributed by atoms with Gasteiger partial charge in [-0.2, -0.15) is 0 Å². The molecule has 3 aromatic heterocycles. The zero-order valence-corrected chi connectivity index (χ0v) is 17.6. The molecule has 0 spiro atoms. The molecule has 0 saturated heterocycles. The molecule has 1 aromatic carbocycles. The van der Waals surface area contributed by atoms with Gasteiger partial charge in [-0.3, -0.25) is 9.20 Å². The van der Waals surface area contributed by atoms with E-state index in [4.69, 9.17) is 4.52 Å². The third-order valence-electron chi connectivity index (χ3n) is 4.40. The van der Waals surface area contributed by atoms with Gasteiger partial charge in [0.1, 0.15) is 0 Å². The third-order valence-corrected chi connectivity index (χ3v) is 6.51. The van der Waals surface area contributed by atoms with Gasteiger partial charge in [0, 0.05) is 28.9 Å². The molecule has 30 heavy (non-hydrogen) atoms. The minimum Gasteiger partial charge on any atom is -0.337 e. The Morgan fingerprint density at radius 3 is 2.70 bits per heavy atom. The summed E-state index contributed by atoms with van der Waals surface area (Å²) in [5.41, 5.74) is 2.47. The smallest absolute Gasteiger partial charge is 0.264 e. The number of benzene rings is 1. The van der Waals surface area contributed by atoms with E-state index in [0.29, 0.717) is 16.9 Å². The molecular weight excluding hydrogens is 426 g/mol. The molecule has 2 N–H and O–H groups in total. The van der Waals surface area contributed by atoms with E-state index in [2.05, 4.69) is 20.2 Å². The van der Waals surface area contributed by atoms with Crippen LogP contribution in [0.5, 0.6) is 0 Å². The van der Waals surface area contributed by atoms with Crippen LogP contribution in [0.3, 0.4) is 0 Å². The van der Waals surface area contributed by atoms with E-state index in [-0.39, 0.29) is 16.7 Å². The number of sulfonamides is 1. The molecule has 1 amide bonds. The van der Waals surface area contributed by atoms with Crippen LogP contribution in [-0.2, 0) is 14.8 Å². The number of nitrogens with one attached hydrogen (secondary N) is 2. The number of aryl methyl sites for hydroxylation is 1. The van der Waals surface area contributed by atoms with Gasteiger partial charge < -0.3 is 9.84 Å². The lowest BCUT2D eigenvalue weighted by atomic mass is 10.3. The normalized spacial score (nSPS) is 11.9. The van der Waals surface area contributed by atoms with Crippen LogP contribution in [0.15, 0.2) is 57.5 Å². The highest BCUT2D eigenvalue weighted by Crippen LogP contribution is 2.22. The highest BCUT2D eigenvalue weighted by molar-refractivity contribution is 7.92. The van der Waals surface area contributed by atoms with Gasteiger partial charge in [0.15, 0.2) is 4.96 Å². The minimum atomic E-state index is -3.84. The van der Waals surface area contributed by atoms with Crippen LogP contribution in [-0.4, -0.2) is 28.9 Å². The summed E-state index contributed by atoms with van der Waals surface area (Å²) >= 11 is 1.50. The van der Waals surface area contributed by atoms with Crippen molar-refractivity contribution in [2.24, 2.45) is 0 Å². The minimum absolute atomic E-state index is 0.0311. The SMILES string of the molecule is Cc1noc(NS(=O)(=O)c2ccc(NC(=O)/C=C/c3cnc4sccn34)cc2)c1C. The van der Waals surface area contributed by atoms with Crippen molar-refractivity contribution >= 4 is 49.9 Å². The fraction of sp³-hybridized carbons (Fsp3) is 0.105. The highest BCUT2D eigenvalue weighted by Gasteiger charge is 2.19. The van der Waals surface area contributed by atoms with Crippen LogP contribution in [0.1, 0.15) is 17.0 Å². The Balaban J connectivity index is 1.43. The van der Waals surface area contributed by atoms with Gasteiger partial charge in [0.25, 0.3) is 10.0 Å². The van der Waals surface area contributed by atoms with Crippen LogP contribution in [0.25, 0.3) is 11.0 Å². The Morgan fingerprint density at radius 2 is 2.00 bits per heavy atom. The lowest BCUT2D eigenvalue weighted by Gasteiger charge is -2.07. The number of fused-ring (bicyclic) bond motifs is 1. The molecule has 11 heteroatoms. The quantitative estimate of drug-likeness (QED) is 0.441. The van der Waals surface area contributed by atoms with E-state index in [9.17, 15) is 13.2 Å². The second-order valence-electron chi connectivity index (χ2n) is 6.41. The first-order chi connectivity index (χ1) is 14.3. The van der Waals surface area contributed by atoms with Crippen LogP contribution < -0.4 is 10.0 Å². The van der Waals surface area contributed by atoms with Crippen molar-refractivity contribution in [3.63, 3.8) is 0 Å². The summed E-state index contributed by atoms with van der Waals surface area (Å²) in [7, 11) is -3.84. The lowest BCUT2D eigenvalue weighted by Crippen LogP contribution is -2.13. The van der Waals surface area contributed by atoms with E-state index in [0.717, 1.165) is 10.7 Å². The predicted octanol–water partition coefficient (Wildman–Crippen LogP) is 3.45. The number of hydrogen-bond donors (Lipinski definition) is 2. The number of aromatic nitrogens is 3. The first-order valence-corrected chi connectivity index (χ1v) is 11.1. The standard InChI is InChI=1S/C19H17N5O4S2/c1-12-13(2)22-28-18(12)23-30(26,27)16-6-3-14(4-7-16)21-17(25)8-5-15-11-20-19-24(15)9-10-29-19/h3-11,23H,1-2H3,(H,21,25)/b8-5+. The van der Waals surface area contributed by atoms with Crippen molar-refractivity contribution in [1.82, 2.24) is 14.5 Å². The van der Waals surface area contributed by atoms with Crippen LogP contribution in [0.2, 0.25) is 0 Å². The molecule has 0 saturated carbocycles. The van der Waals surface area contributed by atoms with Crippen molar-refractivity contribution in [2.45, 2.75) is 18.7 Å². The molecule has 4 aromatic rings. The molecule has 0 atom stereocenters. The van der Waals surface area contributed by atoms with Gasteiger partial charge in [-0.05, 0) is 44.2 Å². The van der Waals surface area contributed by atoms with Gasteiger partial charge in [0.2, 0.25) is 11.8 Å². The summed E-state index contributed by atoms with van der Waals surface area (Å²) in [6, 6.07) is 5.81. The Hall–Kier alpha value is -3.44. The van der Waals surface area contributed by atoms with Crippen molar-refractivity contribution in [1.29, 1.82) is 0 Å². The Kier molecular flexibility index (Phi) is 5.14. The zero-order valence-electron chi connectivity index (χ0n) is 16.0. The Morgan fingerprint density at radius 1 is 1.23 bits per heavy atom. The number of thiazole rings is 1. The third kappa shape index (κ3) is 3.98. The van der Waals surface area contributed by atoms with Crippen LogP contribution in [0, 0.1) is 13.8 Å². The average molecular weight is 444 g/mol. The molecule has 4 rings (SSSR count). The van der Waals surface area contributed by atoms with Gasteiger partial charge in [-0.1, -0.05) is 5.16 Å². The first-order valence-electron chi connectivity index (χ1n) is 8.79. The highest BCUT2D eigenvalue weighted by atomic mass is 32.2. The van der Waals surface area contributed by atoms with Crippen molar-refractivity contribution in [3.8, 4) is 0 Å². The summed E-state index contributed by atoms with van der Waals surface area (Å²) < 4.78 is 34.3. The largest absolute Gasteiger partial charge is 0.337 e.